The van der Waals surface area contributed by atoms with Gasteiger partial charge in [-0.05, 0) is 12.1 Å². The van der Waals surface area contributed by atoms with E-state index in [1.54, 1.807) is 12.1 Å². The maximum absolute atomic E-state index is 11.5. The predicted octanol–water partition coefficient (Wildman–Crippen LogP) is 0.722. The summed E-state index contributed by atoms with van der Waals surface area (Å²) in [5.74, 6) is 0.709. The van der Waals surface area contributed by atoms with Gasteiger partial charge >= 0.3 is 0 Å². The van der Waals surface area contributed by atoms with Crippen molar-refractivity contribution in [2.75, 3.05) is 32.4 Å². The van der Waals surface area contributed by atoms with E-state index in [2.05, 4.69) is 10.2 Å². The molecule has 25 heavy (non-hydrogen) atoms. The number of piperazine rings is 1. The first-order valence-corrected chi connectivity index (χ1v) is 9.42. The Morgan fingerprint density at radius 1 is 1.16 bits per heavy atom. The van der Waals surface area contributed by atoms with Gasteiger partial charge in [0.15, 0.2) is 0 Å². The molecule has 1 saturated heterocycles. The summed E-state index contributed by atoms with van der Waals surface area (Å²) in [7, 11) is -3.16. The quantitative estimate of drug-likeness (QED) is 0.559. The molecule has 1 aliphatic heterocycles. The zero-order chi connectivity index (χ0) is 18.0. The van der Waals surface area contributed by atoms with Crippen LogP contribution in [-0.4, -0.2) is 65.2 Å². The van der Waals surface area contributed by atoms with Crippen molar-refractivity contribution in [1.29, 1.82) is 0 Å². The number of nitro groups is 1. The summed E-state index contributed by atoms with van der Waals surface area (Å²) in [6, 6.07) is 5.87. The van der Waals surface area contributed by atoms with Crippen LogP contribution in [0.15, 0.2) is 28.7 Å². The summed E-state index contributed by atoms with van der Waals surface area (Å²) in [6.07, 6.45) is 1.21. The van der Waals surface area contributed by atoms with Crippen LogP contribution in [0.3, 0.4) is 0 Å². The molecule has 0 aliphatic carbocycles. The van der Waals surface area contributed by atoms with Crippen molar-refractivity contribution in [1.82, 2.24) is 19.4 Å². The van der Waals surface area contributed by atoms with Crippen molar-refractivity contribution in [2.24, 2.45) is 0 Å². The van der Waals surface area contributed by atoms with Gasteiger partial charge < -0.3 is 4.42 Å². The standard InChI is InChI=1S/C14H17N5O5S/c1-25(22,23)18-8-6-17(7-9-18)10-13-15-16-14(24-13)11-2-4-12(5-3-11)19(20)21/h2-5H,6-10H2,1H3. The molecule has 0 radical (unpaired) electrons. The van der Waals surface area contributed by atoms with E-state index in [4.69, 9.17) is 4.42 Å². The van der Waals surface area contributed by atoms with Crippen molar-refractivity contribution in [3.8, 4) is 11.5 Å². The van der Waals surface area contributed by atoms with Gasteiger partial charge in [-0.3, -0.25) is 15.0 Å². The Labute approximate surface area is 144 Å². The summed E-state index contributed by atoms with van der Waals surface area (Å²) in [6.45, 7) is 2.46. The first-order chi connectivity index (χ1) is 11.8. The van der Waals surface area contributed by atoms with Crippen LogP contribution in [0.1, 0.15) is 5.89 Å². The largest absolute Gasteiger partial charge is 0.419 e. The third kappa shape index (κ3) is 4.18. The molecule has 0 atom stereocenters. The molecule has 0 bridgehead atoms. The molecule has 0 saturated carbocycles. The number of nitro benzene ring substituents is 1. The highest BCUT2D eigenvalue weighted by molar-refractivity contribution is 7.88. The molecule has 0 amide bonds. The summed E-state index contributed by atoms with van der Waals surface area (Å²) in [4.78, 5) is 12.2. The molecule has 10 nitrogen and oxygen atoms in total. The fraction of sp³-hybridized carbons (Fsp3) is 0.429. The Bertz CT molecular complexity index is 856. The van der Waals surface area contributed by atoms with Crippen molar-refractivity contribution in [3.63, 3.8) is 0 Å². The fourth-order valence-electron chi connectivity index (χ4n) is 2.57. The van der Waals surface area contributed by atoms with Crippen LogP contribution in [0, 0.1) is 10.1 Å². The molecule has 134 valence electrons. The molecule has 1 aliphatic rings. The molecule has 2 heterocycles. The zero-order valence-electron chi connectivity index (χ0n) is 13.5. The highest BCUT2D eigenvalue weighted by atomic mass is 32.2. The Hall–Kier alpha value is -2.37. The minimum atomic E-state index is -3.16. The Kier molecular flexibility index (Phi) is 4.79. The Balaban J connectivity index is 1.62. The van der Waals surface area contributed by atoms with E-state index in [0.29, 0.717) is 50.1 Å². The summed E-state index contributed by atoms with van der Waals surface area (Å²) in [5, 5.41) is 18.6. The summed E-state index contributed by atoms with van der Waals surface area (Å²) < 4.78 is 30.0. The normalized spacial score (nSPS) is 16.8. The van der Waals surface area contributed by atoms with E-state index in [-0.39, 0.29) is 5.69 Å². The lowest BCUT2D eigenvalue weighted by atomic mass is 10.2. The monoisotopic (exact) mass is 367 g/mol. The van der Waals surface area contributed by atoms with Gasteiger partial charge in [0.2, 0.25) is 21.8 Å². The van der Waals surface area contributed by atoms with E-state index in [1.807, 2.05) is 4.90 Å². The maximum atomic E-state index is 11.5. The van der Waals surface area contributed by atoms with E-state index in [9.17, 15) is 18.5 Å². The maximum Gasteiger partial charge on any atom is 0.269 e. The van der Waals surface area contributed by atoms with Crippen LogP contribution in [-0.2, 0) is 16.6 Å². The molecule has 1 aromatic heterocycles. The van der Waals surface area contributed by atoms with Crippen LogP contribution in [0.5, 0.6) is 0 Å². The topological polar surface area (TPSA) is 123 Å². The second-order valence-electron chi connectivity index (χ2n) is 5.74. The molecule has 0 unspecified atom stereocenters. The third-order valence-electron chi connectivity index (χ3n) is 3.95. The second-order valence-corrected chi connectivity index (χ2v) is 7.73. The van der Waals surface area contributed by atoms with Gasteiger partial charge in [-0.1, -0.05) is 0 Å². The number of benzene rings is 1. The SMILES string of the molecule is CS(=O)(=O)N1CCN(Cc2nnc(-c3ccc([N+](=O)[O-])cc3)o2)CC1. The van der Waals surface area contributed by atoms with Gasteiger partial charge in [0.25, 0.3) is 5.69 Å². The number of hydrogen-bond donors (Lipinski definition) is 0. The molecular formula is C14H17N5O5S. The van der Waals surface area contributed by atoms with Gasteiger partial charge in [-0.25, -0.2) is 8.42 Å². The molecule has 0 N–H and O–H groups in total. The Morgan fingerprint density at radius 2 is 1.80 bits per heavy atom. The summed E-state index contributed by atoms with van der Waals surface area (Å²) in [5.41, 5.74) is 0.596. The van der Waals surface area contributed by atoms with E-state index in [0.717, 1.165) is 0 Å². The molecule has 0 spiro atoms. The van der Waals surface area contributed by atoms with Gasteiger partial charge in [-0.15, -0.1) is 10.2 Å². The zero-order valence-corrected chi connectivity index (χ0v) is 14.3. The summed E-state index contributed by atoms with van der Waals surface area (Å²) >= 11 is 0. The van der Waals surface area contributed by atoms with Gasteiger partial charge in [0.05, 0.1) is 17.7 Å². The van der Waals surface area contributed by atoms with Crippen molar-refractivity contribution in [2.45, 2.75) is 6.54 Å². The molecule has 2 aromatic rings. The average Bonchev–Trinajstić information content (AvgIpc) is 3.03. The third-order valence-corrected chi connectivity index (χ3v) is 5.25. The lowest BCUT2D eigenvalue weighted by Gasteiger charge is -2.32. The van der Waals surface area contributed by atoms with Crippen molar-refractivity contribution in [3.05, 3.63) is 40.3 Å². The minimum absolute atomic E-state index is 0.00719. The van der Waals surface area contributed by atoms with Crippen LogP contribution in [0.2, 0.25) is 0 Å². The minimum Gasteiger partial charge on any atom is -0.419 e. The number of aromatic nitrogens is 2. The number of sulfonamides is 1. The number of rotatable bonds is 5. The van der Waals surface area contributed by atoms with Crippen molar-refractivity contribution < 1.29 is 17.8 Å². The first kappa shape index (κ1) is 17.5. The lowest BCUT2D eigenvalue weighted by Crippen LogP contribution is -2.47. The van der Waals surface area contributed by atoms with E-state index in [1.165, 1.54) is 22.7 Å². The lowest BCUT2D eigenvalue weighted by molar-refractivity contribution is -0.384. The molecule has 1 aromatic carbocycles. The van der Waals surface area contributed by atoms with Crippen molar-refractivity contribution >= 4 is 15.7 Å². The smallest absolute Gasteiger partial charge is 0.269 e. The fourth-order valence-corrected chi connectivity index (χ4v) is 3.40. The van der Waals surface area contributed by atoms with Crippen LogP contribution in [0.4, 0.5) is 5.69 Å². The molecular weight excluding hydrogens is 350 g/mol. The molecule has 3 rings (SSSR count). The second kappa shape index (κ2) is 6.86. The van der Waals surface area contributed by atoms with Crippen LogP contribution in [0.25, 0.3) is 11.5 Å². The van der Waals surface area contributed by atoms with E-state index >= 15 is 0 Å². The van der Waals surface area contributed by atoms with Crippen LogP contribution < -0.4 is 0 Å². The first-order valence-electron chi connectivity index (χ1n) is 7.57. The highest BCUT2D eigenvalue weighted by Crippen LogP contribution is 2.21. The number of nitrogens with zero attached hydrogens (tertiary/aromatic N) is 5. The van der Waals surface area contributed by atoms with Gasteiger partial charge in [0, 0.05) is 43.9 Å². The average molecular weight is 367 g/mol. The predicted molar refractivity (Wildman–Crippen MR) is 88.1 cm³/mol. The highest BCUT2D eigenvalue weighted by Gasteiger charge is 2.24. The molecule has 11 heteroatoms. The number of hydrogen-bond acceptors (Lipinski definition) is 8. The number of non-ortho nitro benzene ring substituents is 1. The Morgan fingerprint density at radius 3 is 2.36 bits per heavy atom. The molecule has 1 fully saturated rings. The van der Waals surface area contributed by atoms with Gasteiger partial charge in [-0.2, -0.15) is 4.31 Å². The van der Waals surface area contributed by atoms with Crippen LogP contribution >= 0.6 is 0 Å². The van der Waals surface area contributed by atoms with E-state index < -0.39 is 14.9 Å². The van der Waals surface area contributed by atoms with Gasteiger partial charge in [0.1, 0.15) is 0 Å².